The third kappa shape index (κ3) is 2.82. The third-order valence-corrected chi connectivity index (χ3v) is 2.80. The fraction of sp³-hybridized carbons (Fsp3) is 0.214. The molecule has 2 rings (SSSR count). The number of anilines is 1. The molecule has 3 heteroatoms. The number of aliphatic hydroxyl groups excluding tert-OH is 1. The molecule has 0 spiro atoms. The zero-order chi connectivity index (χ0) is 12.1. The van der Waals surface area contributed by atoms with E-state index >= 15 is 0 Å². The van der Waals surface area contributed by atoms with Crippen LogP contribution in [0.4, 0.5) is 5.69 Å². The largest absolute Gasteiger partial charge is 0.392 e. The smallest absolute Gasteiger partial charge is 0.0701 e. The fourth-order valence-corrected chi connectivity index (χ4v) is 1.70. The van der Waals surface area contributed by atoms with Crippen LogP contribution in [0.2, 0.25) is 0 Å². The molecule has 1 aromatic carbocycles. The predicted octanol–water partition coefficient (Wildman–Crippen LogP) is 2.49. The molecular formula is C14H16N2O. The summed E-state index contributed by atoms with van der Waals surface area (Å²) in [5, 5.41) is 12.5. The molecule has 0 saturated heterocycles. The lowest BCUT2D eigenvalue weighted by Gasteiger charge is -2.11. The average Bonchev–Trinajstić information content (AvgIpc) is 2.38. The number of rotatable bonds is 4. The number of pyridine rings is 1. The lowest BCUT2D eigenvalue weighted by molar-refractivity contribution is 0.282. The molecule has 0 unspecified atom stereocenters. The van der Waals surface area contributed by atoms with Gasteiger partial charge in [-0.3, -0.25) is 4.98 Å². The van der Waals surface area contributed by atoms with Crippen LogP contribution in [0.25, 0.3) is 0 Å². The Morgan fingerprint density at radius 3 is 2.76 bits per heavy atom. The van der Waals surface area contributed by atoms with Gasteiger partial charge in [0.2, 0.25) is 0 Å². The van der Waals surface area contributed by atoms with E-state index in [1.165, 1.54) is 11.1 Å². The third-order valence-electron chi connectivity index (χ3n) is 2.80. The van der Waals surface area contributed by atoms with Crippen molar-refractivity contribution in [3.63, 3.8) is 0 Å². The Kier molecular flexibility index (Phi) is 3.73. The fourth-order valence-electron chi connectivity index (χ4n) is 1.70. The molecule has 0 aliphatic heterocycles. The highest BCUT2D eigenvalue weighted by atomic mass is 16.3. The minimum Gasteiger partial charge on any atom is -0.392 e. The molecule has 2 N–H and O–H groups in total. The number of aliphatic hydroxyl groups is 1. The van der Waals surface area contributed by atoms with Gasteiger partial charge >= 0.3 is 0 Å². The molecule has 0 saturated carbocycles. The summed E-state index contributed by atoms with van der Waals surface area (Å²) in [5.74, 6) is 0. The van der Waals surface area contributed by atoms with Gasteiger partial charge in [-0.15, -0.1) is 0 Å². The van der Waals surface area contributed by atoms with Crippen molar-refractivity contribution in [3.05, 3.63) is 59.4 Å². The maximum atomic E-state index is 9.22. The van der Waals surface area contributed by atoms with Crippen molar-refractivity contribution < 1.29 is 5.11 Å². The van der Waals surface area contributed by atoms with Gasteiger partial charge in [-0.25, -0.2) is 0 Å². The lowest BCUT2D eigenvalue weighted by Crippen LogP contribution is -2.04. The molecule has 0 atom stereocenters. The SMILES string of the molecule is Cc1ccncc1CNc1ccccc1CO. The first kappa shape index (κ1) is 11.6. The standard InChI is InChI=1S/C14H16N2O/c1-11-6-7-15-8-13(11)9-16-14-5-3-2-4-12(14)10-17/h2-8,16-17H,9-10H2,1H3. The van der Waals surface area contributed by atoms with E-state index in [4.69, 9.17) is 0 Å². The Balaban J connectivity index is 2.10. The summed E-state index contributed by atoms with van der Waals surface area (Å²) in [6.45, 7) is 2.84. The van der Waals surface area contributed by atoms with Crippen molar-refractivity contribution >= 4 is 5.69 Å². The Bertz CT molecular complexity index is 497. The van der Waals surface area contributed by atoms with Crippen molar-refractivity contribution in [3.8, 4) is 0 Å². The first-order chi connectivity index (χ1) is 8.31. The van der Waals surface area contributed by atoms with E-state index in [0.29, 0.717) is 0 Å². The molecule has 0 bridgehead atoms. The van der Waals surface area contributed by atoms with Gasteiger partial charge in [0.05, 0.1) is 6.61 Å². The second kappa shape index (κ2) is 5.46. The summed E-state index contributed by atoms with van der Waals surface area (Å²) < 4.78 is 0. The van der Waals surface area contributed by atoms with Crippen LogP contribution in [-0.2, 0) is 13.2 Å². The maximum Gasteiger partial charge on any atom is 0.0701 e. The molecule has 1 heterocycles. The normalized spacial score (nSPS) is 10.2. The molecule has 0 aliphatic rings. The number of nitrogens with zero attached hydrogens (tertiary/aromatic N) is 1. The van der Waals surface area contributed by atoms with Crippen LogP contribution in [0, 0.1) is 6.92 Å². The maximum absolute atomic E-state index is 9.22. The van der Waals surface area contributed by atoms with Gasteiger partial charge in [0, 0.05) is 30.2 Å². The van der Waals surface area contributed by atoms with Gasteiger partial charge in [-0.1, -0.05) is 18.2 Å². The Hall–Kier alpha value is -1.87. The molecule has 0 amide bonds. The molecular weight excluding hydrogens is 212 g/mol. The van der Waals surface area contributed by atoms with E-state index in [9.17, 15) is 5.11 Å². The van der Waals surface area contributed by atoms with Crippen molar-refractivity contribution in [2.75, 3.05) is 5.32 Å². The van der Waals surface area contributed by atoms with Crippen LogP contribution >= 0.6 is 0 Å². The topological polar surface area (TPSA) is 45.2 Å². The Morgan fingerprint density at radius 2 is 2.00 bits per heavy atom. The molecule has 0 radical (unpaired) electrons. The van der Waals surface area contributed by atoms with Crippen LogP contribution in [-0.4, -0.2) is 10.1 Å². The molecule has 88 valence electrons. The highest BCUT2D eigenvalue weighted by Crippen LogP contribution is 2.16. The van der Waals surface area contributed by atoms with E-state index in [0.717, 1.165) is 17.8 Å². The monoisotopic (exact) mass is 228 g/mol. The van der Waals surface area contributed by atoms with E-state index in [1.807, 2.05) is 36.5 Å². The Labute approximate surface area is 101 Å². The van der Waals surface area contributed by atoms with Gasteiger partial charge in [-0.2, -0.15) is 0 Å². The number of para-hydroxylation sites is 1. The van der Waals surface area contributed by atoms with Crippen LogP contribution in [0.5, 0.6) is 0 Å². The van der Waals surface area contributed by atoms with Gasteiger partial charge in [0.15, 0.2) is 0 Å². The Morgan fingerprint density at radius 1 is 1.18 bits per heavy atom. The summed E-state index contributed by atoms with van der Waals surface area (Å²) in [4.78, 5) is 4.11. The number of aryl methyl sites for hydroxylation is 1. The van der Waals surface area contributed by atoms with Gasteiger partial charge in [0.1, 0.15) is 0 Å². The zero-order valence-electron chi connectivity index (χ0n) is 9.85. The summed E-state index contributed by atoms with van der Waals surface area (Å²) >= 11 is 0. The highest BCUT2D eigenvalue weighted by Gasteiger charge is 2.01. The first-order valence-electron chi connectivity index (χ1n) is 5.63. The summed E-state index contributed by atoms with van der Waals surface area (Å²) in [5.41, 5.74) is 4.27. The van der Waals surface area contributed by atoms with Crippen LogP contribution in [0.15, 0.2) is 42.7 Å². The highest BCUT2D eigenvalue weighted by molar-refractivity contribution is 5.51. The van der Waals surface area contributed by atoms with Crippen molar-refractivity contribution in [2.24, 2.45) is 0 Å². The van der Waals surface area contributed by atoms with Crippen LogP contribution in [0.1, 0.15) is 16.7 Å². The van der Waals surface area contributed by atoms with E-state index in [1.54, 1.807) is 6.20 Å². The number of hydrogen-bond donors (Lipinski definition) is 2. The van der Waals surface area contributed by atoms with Crippen molar-refractivity contribution in [1.82, 2.24) is 4.98 Å². The summed E-state index contributed by atoms with van der Waals surface area (Å²) in [7, 11) is 0. The molecule has 17 heavy (non-hydrogen) atoms. The average molecular weight is 228 g/mol. The number of aromatic nitrogens is 1. The minimum absolute atomic E-state index is 0.0508. The molecule has 2 aromatic rings. The van der Waals surface area contributed by atoms with Crippen molar-refractivity contribution in [2.45, 2.75) is 20.1 Å². The minimum atomic E-state index is 0.0508. The summed E-state index contributed by atoms with van der Waals surface area (Å²) in [6.07, 6.45) is 3.66. The molecule has 1 aromatic heterocycles. The first-order valence-corrected chi connectivity index (χ1v) is 5.63. The van der Waals surface area contributed by atoms with Gasteiger partial charge in [-0.05, 0) is 30.2 Å². The number of hydrogen-bond acceptors (Lipinski definition) is 3. The molecule has 3 nitrogen and oxygen atoms in total. The summed E-state index contributed by atoms with van der Waals surface area (Å²) in [6, 6.07) is 9.76. The van der Waals surface area contributed by atoms with Crippen molar-refractivity contribution in [1.29, 1.82) is 0 Å². The van der Waals surface area contributed by atoms with E-state index in [-0.39, 0.29) is 6.61 Å². The lowest BCUT2D eigenvalue weighted by atomic mass is 10.1. The predicted molar refractivity (Wildman–Crippen MR) is 68.7 cm³/mol. The molecule has 0 aliphatic carbocycles. The van der Waals surface area contributed by atoms with Crippen LogP contribution < -0.4 is 5.32 Å². The zero-order valence-corrected chi connectivity index (χ0v) is 9.85. The van der Waals surface area contributed by atoms with Gasteiger partial charge < -0.3 is 10.4 Å². The van der Waals surface area contributed by atoms with Gasteiger partial charge in [0.25, 0.3) is 0 Å². The second-order valence-corrected chi connectivity index (χ2v) is 3.97. The molecule has 0 fully saturated rings. The number of benzene rings is 1. The quantitative estimate of drug-likeness (QED) is 0.845. The number of nitrogens with one attached hydrogen (secondary N) is 1. The second-order valence-electron chi connectivity index (χ2n) is 3.97. The van der Waals surface area contributed by atoms with E-state index < -0.39 is 0 Å². The van der Waals surface area contributed by atoms with E-state index in [2.05, 4.69) is 17.2 Å². The van der Waals surface area contributed by atoms with Crippen LogP contribution in [0.3, 0.4) is 0 Å².